The summed E-state index contributed by atoms with van der Waals surface area (Å²) in [5.41, 5.74) is 0.757. The van der Waals surface area contributed by atoms with Gasteiger partial charge in [-0.05, 0) is 56.6 Å². The summed E-state index contributed by atoms with van der Waals surface area (Å²) in [6, 6.07) is 7.58. The molecule has 0 N–H and O–H groups in total. The van der Waals surface area contributed by atoms with E-state index in [-0.39, 0.29) is 5.78 Å². The normalized spacial score (nSPS) is 19.7. The SMILES string of the molecule is O=C(CN1CCOCC1)c1ccc(OCCCN2CCCCC2)cc1. The predicted molar refractivity (Wildman–Crippen MR) is 98.4 cm³/mol. The Bertz CT molecular complexity index is 520. The molecule has 2 heterocycles. The molecule has 2 aliphatic heterocycles. The maximum Gasteiger partial charge on any atom is 0.176 e. The summed E-state index contributed by atoms with van der Waals surface area (Å²) < 4.78 is 11.1. The highest BCUT2D eigenvalue weighted by Gasteiger charge is 2.15. The Morgan fingerprint density at radius 3 is 2.40 bits per heavy atom. The molecule has 0 saturated carbocycles. The number of likely N-dealkylation sites (tertiary alicyclic amines) is 1. The maximum absolute atomic E-state index is 12.3. The van der Waals surface area contributed by atoms with Crippen molar-refractivity contribution in [3.05, 3.63) is 29.8 Å². The smallest absolute Gasteiger partial charge is 0.176 e. The third-order valence-corrected chi connectivity index (χ3v) is 4.98. The van der Waals surface area contributed by atoms with Gasteiger partial charge in [0.25, 0.3) is 0 Å². The molecule has 5 nitrogen and oxygen atoms in total. The molecular formula is C20H30N2O3. The van der Waals surface area contributed by atoms with Crippen molar-refractivity contribution >= 4 is 5.78 Å². The van der Waals surface area contributed by atoms with Gasteiger partial charge in [0.2, 0.25) is 0 Å². The standard InChI is InChI=1S/C20H30N2O3/c23-20(17-22-12-15-24-16-13-22)18-5-7-19(8-6-18)25-14-4-11-21-9-2-1-3-10-21/h5-8H,1-4,9-17H2. The van der Waals surface area contributed by atoms with E-state index in [1.165, 1.54) is 32.4 Å². The van der Waals surface area contributed by atoms with Crippen LogP contribution < -0.4 is 4.74 Å². The number of rotatable bonds is 8. The molecule has 0 bridgehead atoms. The van der Waals surface area contributed by atoms with E-state index in [2.05, 4.69) is 9.80 Å². The molecule has 0 radical (unpaired) electrons. The third-order valence-electron chi connectivity index (χ3n) is 4.98. The molecule has 0 spiro atoms. The molecular weight excluding hydrogens is 316 g/mol. The van der Waals surface area contributed by atoms with E-state index < -0.39 is 0 Å². The molecule has 2 saturated heterocycles. The van der Waals surface area contributed by atoms with Crippen LogP contribution in [0.2, 0.25) is 0 Å². The van der Waals surface area contributed by atoms with Crippen molar-refractivity contribution in [3.8, 4) is 5.75 Å². The fourth-order valence-electron chi connectivity index (χ4n) is 3.45. The molecule has 0 unspecified atom stereocenters. The first kappa shape index (κ1) is 18.4. The van der Waals surface area contributed by atoms with Gasteiger partial charge >= 0.3 is 0 Å². The van der Waals surface area contributed by atoms with Crippen molar-refractivity contribution in [2.24, 2.45) is 0 Å². The van der Waals surface area contributed by atoms with Crippen LogP contribution in [0, 0.1) is 0 Å². The number of carbonyl (C=O) groups excluding carboxylic acids is 1. The first-order chi connectivity index (χ1) is 12.3. The van der Waals surface area contributed by atoms with Crippen LogP contribution in [0.1, 0.15) is 36.0 Å². The summed E-state index contributed by atoms with van der Waals surface area (Å²) in [6.07, 6.45) is 5.10. The molecule has 0 amide bonds. The van der Waals surface area contributed by atoms with E-state index >= 15 is 0 Å². The quantitative estimate of drug-likeness (QED) is 0.534. The van der Waals surface area contributed by atoms with Gasteiger partial charge in [0.05, 0.1) is 26.4 Å². The summed E-state index contributed by atoms with van der Waals surface area (Å²) >= 11 is 0. The van der Waals surface area contributed by atoms with Crippen molar-refractivity contribution in [1.82, 2.24) is 9.80 Å². The number of nitrogens with zero attached hydrogens (tertiary/aromatic N) is 2. The highest BCUT2D eigenvalue weighted by atomic mass is 16.5. The molecule has 0 aromatic heterocycles. The summed E-state index contributed by atoms with van der Waals surface area (Å²) in [7, 11) is 0. The summed E-state index contributed by atoms with van der Waals surface area (Å²) in [6.45, 7) is 7.91. The van der Waals surface area contributed by atoms with Gasteiger partial charge in [0, 0.05) is 25.2 Å². The zero-order valence-corrected chi connectivity index (χ0v) is 15.1. The van der Waals surface area contributed by atoms with Gasteiger partial charge in [-0.2, -0.15) is 0 Å². The average molecular weight is 346 g/mol. The second kappa shape index (κ2) is 9.90. The molecule has 3 rings (SSSR count). The predicted octanol–water partition coefficient (Wildman–Crippen LogP) is 2.46. The molecule has 0 aliphatic carbocycles. The van der Waals surface area contributed by atoms with Crippen LogP contribution in [0.3, 0.4) is 0 Å². The monoisotopic (exact) mass is 346 g/mol. The summed E-state index contributed by atoms with van der Waals surface area (Å²) in [5, 5.41) is 0. The molecule has 1 aromatic rings. The van der Waals surface area contributed by atoms with Gasteiger partial charge in [-0.25, -0.2) is 0 Å². The van der Waals surface area contributed by atoms with E-state index in [9.17, 15) is 4.79 Å². The number of hydrogen-bond acceptors (Lipinski definition) is 5. The lowest BCUT2D eigenvalue weighted by Crippen LogP contribution is -2.39. The topological polar surface area (TPSA) is 42.0 Å². The van der Waals surface area contributed by atoms with Crippen molar-refractivity contribution in [2.75, 3.05) is 59.1 Å². The van der Waals surface area contributed by atoms with Crippen molar-refractivity contribution < 1.29 is 14.3 Å². The number of Topliss-reactive ketones (excluding diaryl/α,β-unsaturated/α-hetero) is 1. The van der Waals surface area contributed by atoms with Gasteiger partial charge in [-0.3, -0.25) is 9.69 Å². The second-order valence-corrected chi connectivity index (χ2v) is 6.94. The van der Waals surface area contributed by atoms with E-state index in [1.54, 1.807) is 0 Å². The van der Waals surface area contributed by atoms with Gasteiger partial charge in [0.1, 0.15) is 5.75 Å². The number of ether oxygens (including phenoxy) is 2. The highest BCUT2D eigenvalue weighted by Crippen LogP contribution is 2.14. The van der Waals surface area contributed by atoms with Gasteiger partial charge in [-0.15, -0.1) is 0 Å². The largest absolute Gasteiger partial charge is 0.494 e. The van der Waals surface area contributed by atoms with Crippen molar-refractivity contribution in [3.63, 3.8) is 0 Å². The molecule has 5 heteroatoms. The summed E-state index contributed by atoms with van der Waals surface area (Å²) in [4.78, 5) is 17.0. The summed E-state index contributed by atoms with van der Waals surface area (Å²) in [5.74, 6) is 1.01. The zero-order valence-electron chi connectivity index (χ0n) is 15.1. The van der Waals surface area contributed by atoms with Crippen LogP contribution in [0.5, 0.6) is 5.75 Å². The lowest BCUT2D eigenvalue weighted by molar-refractivity contribution is 0.0371. The van der Waals surface area contributed by atoms with Crippen LogP contribution >= 0.6 is 0 Å². The fourth-order valence-corrected chi connectivity index (χ4v) is 3.45. The Balaban J connectivity index is 1.36. The first-order valence-corrected chi connectivity index (χ1v) is 9.60. The Hall–Kier alpha value is -1.43. The molecule has 138 valence electrons. The number of carbonyl (C=O) groups is 1. The van der Waals surface area contributed by atoms with E-state index in [4.69, 9.17) is 9.47 Å². The van der Waals surface area contributed by atoms with Crippen LogP contribution in [-0.4, -0.2) is 74.7 Å². The number of morpholine rings is 1. The number of hydrogen-bond donors (Lipinski definition) is 0. The Labute approximate surface area is 150 Å². The van der Waals surface area contributed by atoms with E-state index in [0.717, 1.165) is 57.2 Å². The van der Waals surface area contributed by atoms with Crippen LogP contribution in [0.15, 0.2) is 24.3 Å². The molecule has 0 atom stereocenters. The van der Waals surface area contributed by atoms with E-state index in [1.807, 2.05) is 24.3 Å². The minimum atomic E-state index is 0.165. The van der Waals surface area contributed by atoms with Crippen LogP contribution in [0.25, 0.3) is 0 Å². The van der Waals surface area contributed by atoms with Crippen molar-refractivity contribution in [1.29, 1.82) is 0 Å². The van der Waals surface area contributed by atoms with Gasteiger partial charge in [0.15, 0.2) is 5.78 Å². The van der Waals surface area contributed by atoms with Crippen LogP contribution in [-0.2, 0) is 4.74 Å². The van der Waals surface area contributed by atoms with Gasteiger partial charge < -0.3 is 14.4 Å². The Kier molecular flexibility index (Phi) is 7.27. The Morgan fingerprint density at radius 1 is 0.960 bits per heavy atom. The third kappa shape index (κ3) is 6.10. The molecule has 1 aromatic carbocycles. The highest BCUT2D eigenvalue weighted by molar-refractivity contribution is 5.97. The van der Waals surface area contributed by atoms with Crippen molar-refractivity contribution in [2.45, 2.75) is 25.7 Å². The fraction of sp³-hybridized carbons (Fsp3) is 0.650. The zero-order chi connectivity index (χ0) is 17.3. The maximum atomic E-state index is 12.3. The average Bonchev–Trinajstić information content (AvgIpc) is 2.67. The molecule has 25 heavy (non-hydrogen) atoms. The Morgan fingerprint density at radius 2 is 1.68 bits per heavy atom. The molecule has 2 fully saturated rings. The lowest BCUT2D eigenvalue weighted by Gasteiger charge is -2.26. The minimum absolute atomic E-state index is 0.165. The number of ketones is 1. The first-order valence-electron chi connectivity index (χ1n) is 9.60. The van der Waals surface area contributed by atoms with Crippen LogP contribution in [0.4, 0.5) is 0 Å². The minimum Gasteiger partial charge on any atom is -0.494 e. The number of piperidine rings is 1. The van der Waals surface area contributed by atoms with E-state index in [0.29, 0.717) is 6.54 Å². The lowest BCUT2D eigenvalue weighted by atomic mass is 10.1. The van der Waals surface area contributed by atoms with Gasteiger partial charge in [-0.1, -0.05) is 6.42 Å². The molecule has 2 aliphatic rings. The second-order valence-electron chi connectivity index (χ2n) is 6.94. The number of benzene rings is 1.